The van der Waals surface area contributed by atoms with Crippen molar-refractivity contribution in [2.24, 2.45) is 5.92 Å². The fourth-order valence-electron chi connectivity index (χ4n) is 1.74. The molecule has 1 unspecified atom stereocenters. The minimum Gasteiger partial charge on any atom is -0.314 e. The average molecular weight is 253 g/mol. The van der Waals surface area contributed by atoms with E-state index in [1.54, 1.807) is 0 Å². The van der Waals surface area contributed by atoms with Crippen molar-refractivity contribution in [1.29, 1.82) is 0 Å². The van der Waals surface area contributed by atoms with Crippen molar-refractivity contribution in [3.63, 3.8) is 0 Å². The Bertz CT molecular complexity index is 178. The van der Waals surface area contributed by atoms with Gasteiger partial charge in [0.05, 0.1) is 0 Å². The third kappa shape index (κ3) is 13.7. The van der Waals surface area contributed by atoms with E-state index in [0.29, 0.717) is 6.42 Å². The van der Waals surface area contributed by atoms with Crippen LogP contribution >= 0.6 is 0 Å². The fourth-order valence-corrected chi connectivity index (χ4v) is 1.74. The van der Waals surface area contributed by atoms with E-state index >= 15 is 0 Å². The van der Waals surface area contributed by atoms with Gasteiger partial charge in [-0.2, -0.15) is 13.2 Å². The van der Waals surface area contributed by atoms with Crippen LogP contribution in [0.4, 0.5) is 13.2 Å². The maximum atomic E-state index is 11.9. The van der Waals surface area contributed by atoms with Crippen molar-refractivity contribution in [2.75, 3.05) is 6.54 Å². The third-order valence-electron chi connectivity index (χ3n) is 2.80. The van der Waals surface area contributed by atoms with Gasteiger partial charge in [-0.05, 0) is 38.6 Å². The summed E-state index contributed by atoms with van der Waals surface area (Å²) in [6.45, 7) is 7.28. The number of halogens is 3. The average Bonchev–Trinajstić information content (AvgIpc) is 2.14. The zero-order valence-corrected chi connectivity index (χ0v) is 11.2. The van der Waals surface area contributed by atoms with Crippen molar-refractivity contribution in [3.05, 3.63) is 0 Å². The Labute approximate surface area is 103 Å². The molecule has 0 fully saturated rings. The number of rotatable bonds is 9. The molecule has 0 aliphatic rings. The van der Waals surface area contributed by atoms with Crippen LogP contribution < -0.4 is 5.32 Å². The van der Waals surface area contributed by atoms with Crippen molar-refractivity contribution in [1.82, 2.24) is 5.32 Å². The predicted molar refractivity (Wildman–Crippen MR) is 66.1 cm³/mol. The summed E-state index contributed by atoms with van der Waals surface area (Å²) in [5.41, 5.74) is 0. The molecule has 0 saturated carbocycles. The first-order chi connectivity index (χ1) is 7.81. The van der Waals surface area contributed by atoms with E-state index < -0.39 is 12.6 Å². The third-order valence-corrected chi connectivity index (χ3v) is 2.80. The van der Waals surface area contributed by atoms with Gasteiger partial charge in [-0.15, -0.1) is 0 Å². The van der Waals surface area contributed by atoms with Crippen molar-refractivity contribution in [2.45, 2.75) is 71.5 Å². The maximum Gasteiger partial charge on any atom is 0.389 e. The van der Waals surface area contributed by atoms with Crippen molar-refractivity contribution >= 4 is 0 Å². The molecule has 1 nitrogen and oxygen atoms in total. The highest BCUT2D eigenvalue weighted by Gasteiger charge is 2.26. The second-order valence-electron chi connectivity index (χ2n) is 5.25. The standard InChI is InChI=1S/C13H26F3N/c1-11(2)7-4-5-10-17-12(3)8-6-9-13(14,15)16/h11-12,17H,4-10H2,1-3H3. The molecule has 104 valence electrons. The van der Waals surface area contributed by atoms with Gasteiger partial charge in [-0.1, -0.05) is 26.7 Å². The lowest BCUT2D eigenvalue weighted by Gasteiger charge is -2.14. The monoisotopic (exact) mass is 253 g/mol. The molecule has 17 heavy (non-hydrogen) atoms. The number of hydrogen-bond acceptors (Lipinski definition) is 1. The topological polar surface area (TPSA) is 12.0 Å². The first kappa shape index (κ1) is 16.8. The highest BCUT2D eigenvalue weighted by molar-refractivity contribution is 4.62. The van der Waals surface area contributed by atoms with Crippen LogP contribution in [0.2, 0.25) is 0 Å². The molecule has 4 heteroatoms. The van der Waals surface area contributed by atoms with E-state index in [2.05, 4.69) is 19.2 Å². The van der Waals surface area contributed by atoms with Crippen LogP contribution in [0.3, 0.4) is 0 Å². The van der Waals surface area contributed by atoms with Crippen LogP contribution in [0, 0.1) is 5.92 Å². The van der Waals surface area contributed by atoms with Crippen LogP contribution in [-0.2, 0) is 0 Å². The van der Waals surface area contributed by atoms with Crippen LogP contribution in [0.15, 0.2) is 0 Å². The van der Waals surface area contributed by atoms with Gasteiger partial charge in [0.15, 0.2) is 0 Å². The Morgan fingerprint density at radius 1 is 0.941 bits per heavy atom. The second-order valence-corrected chi connectivity index (χ2v) is 5.25. The Balaban J connectivity index is 3.32. The Kier molecular flexibility index (Phi) is 8.66. The molecule has 0 aliphatic heterocycles. The molecule has 1 N–H and O–H groups in total. The summed E-state index contributed by atoms with van der Waals surface area (Å²) in [7, 11) is 0. The van der Waals surface area contributed by atoms with E-state index in [0.717, 1.165) is 18.9 Å². The summed E-state index contributed by atoms with van der Waals surface area (Å²) in [5.74, 6) is 0.735. The van der Waals surface area contributed by atoms with E-state index in [4.69, 9.17) is 0 Å². The summed E-state index contributed by atoms with van der Waals surface area (Å²) in [4.78, 5) is 0. The van der Waals surface area contributed by atoms with Gasteiger partial charge in [-0.25, -0.2) is 0 Å². The second kappa shape index (κ2) is 8.78. The minimum absolute atomic E-state index is 0.191. The molecule has 0 aromatic heterocycles. The molecule has 0 rings (SSSR count). The quantitative estimate of drug-likeness (QED) is 0.595. The van der Waals surface area contributed by atoms with Gasteiger partial charge in [0.25, 0.3) is 0 Å². The van der Waals surface area contributed by atoms with Crippen LogP contribution in [-0.4, -0.2) is 18.8 Å². The normalized spacial score (nSPS) is 14.3. The summed E-state index contributed by atoms with van der Waals surface area (Å²) in [6, 6.07) is 0.191. The lowest BCUT2D eigenvalue weighted by molar-refractivity contribution is -0.135. The summed E-state index contributed by atoms with van der Waals surface area (Å²) in [5, 5.41) is 3.28. The Hall–Kier alpha value is -0.250. The molecule has 0 bridgehead atoms. The Morgan fingerprint density at radius 2 is 1.59 bits per heavy atom. The molecule has 0 spiro atoms. The molecular formula is C13H26F3N. The maximum absolute atomic E-state index is 11.9. The summed E-state index contributed by atoms with van der Waals surface area (Å²) in [6.07, 6.45) is -0.303. The first-order valence-corrected chi connectivity index (χ1v) is 6.61. The fraction of sp³-hybridized carbons (Fsp3) is 1.00. The smallest absolute Gasteiger partial charge is 0.314 e. The highest BCUT2D eigenvalue weighted by Crippen LogP contribution is 2.22. The zero-order valence-electron chi connectivity index (χ0n) is 11.2. The number of alkyl halides is 3. The molecule has 0 aromatic rings. The molecule has 0 radical (unpaired) electrons. The van der Waals surface area contributed by atoms with Gasteiger partial charge >= 0.3 is 6.18 Å². The summed E-state index contributed by atoms with van der Waals surface area (Å²) >= 11 is 0. The van der Waals surface area contributed by atoms with Gasteiger partial charge < -0.3 is 5.32 Å². The van der Waals surface area contributed by atoms with Gasteiger partial charge in [0.1, 0.15) is 0 Å². The molecule has 0 aromatic carbocycles. The molecule has 0 aliphatic carbocycles. The van der Waals surface area contributed by atoms with Gasteiger partial charge in [-0.3, -0.25) is 0 Å². The number of hydrogen-bond donors (Lipinski definition) is 1. The predicted octanol–water partition coefficient (Wildman–Crippen LogP) is 4.52. The molecule has 1 atom stereocenters. The van der Waals surface area contributed by atoms with Gasteiger partial charge in [0.2, 0.25) is 0 Å². The van der Waals surface area contributed by atoms with Crippen molar-refractivity contribution in [3.8, 4) is 0 Å². The minimum atomic E-state index is -4.00. The molecule has 0 saturated heterocycles. The molecule has 0 amide bonds. The van der Waals surface area contributed by atoms with Crippen LogP contribution in [0.1, 0.15) is 59.3 Å². The highest BCUT2D eigenvalue weighted by atomic mass is 19.4. The summed E-state index contributed by atoms with van der Waals surface area (Å²) < 4.78 is 35.7. The van der Waals surface area contributed by atoms with Crippen LogP contribution in [0.25, 0.3) is 0 Å². The lowest BCUT2D eigenvalue weighted by atomic mass is 10.1. The largest absolute Gasteiger partial charge is 0.389 e. The lowest BCUT2D eigenvalue weighted by Crippen LogP contribution is -2.27. The first-order valence-electron chi connectivity index (χ1n) is 6.61. The van der Waals surface area contributed by atoms with Crippen LogP contribution in [0.5, 0.6) is 0 Å². The number of nitrogens with one attached hydrogen (secondary N) is 1. The molecular weight excluding hydrogens is 227 g/mol. The van der Waals surface area contributed by atoms with E-state index in [-0.39, 0.29) is 12.5 Å². The SMILES string of the molecule is CC(C)CCCCNC(C)CCCC(F)(F)F. The number of unbranched alkanes of at least 4 members (excludes halogenated alkanes) is 1. The van der Waals surface area contributed by atoms with E-state index in [9.17, 15) is 13.2 Å². The Morgan fingerprint density at radius 3 is 2.12 bits per heavy atom. The van der Waals surface area contributed by atoms with Crippen molar-refractivity contribution < 1.29 is 13.2 Å². The van der Waals surface area contributed by atoms with Gasteiger partial charge in [0, 0.05) is 12.5 Å². The van der Waals surface area contributed by atoms with E-state index in [1.807, 2.05) is 6.92 Å². The van der Waals surface area contributed by atoms with E-state index in [1.165, 1.54) is 12.8 Å². The molecule has 0 heterocycles. The zero-order chi connectivity index (χ0) is 13.3.